The molecule has 4 N–H and O–H groups in total. The molecule has 5 aromatic heterocycles. The van der Waals surface area contributed by atoms with Crippen molar-refractivity contribution in [3.8, 4) is 11.4 Å². The molecule has 10 rings (SSSR count). The van der Waals surface area contributed by atoms with Crippen LogP contribution in [0.1, 0.15) is 227 Å². The number of nitrogens with zero attached hydrogens (tertiary/aromatic N) is 9. The van der Waals surface area contributed by atoms with E-state index in [9.17, 15) is 54.2 Å². The van der Waals surface area contributed by atoms with Crippen molar-refractivity contribution in [1.29, 1.82) is 0 Å². The molecule has 5 atom stereocenters. The Bertz CT molecular complexity index is 4340. The van der Waals surface area contributed by atoms with Gasteiger partial charge in [0.15, 0.2) is 12.2 Å². The number of hydrogen-bond donors (Lipinski definition) is 4. The summed E-state index contributed by atoms with van der Waals surface area (Å²) in [6.07, 6.45) is -7.15. The van der Waals surface area contributed by atoms with Crippen LogP contribution in [0.4, 0.5) is 39.5 Å². The highest BCUT2D eigenvalue weighted by Gasteiger charge is 2.42. The summed E-state index contributed by atoms with van der Waals surface area (Å²) in [6, 6.07) is 41.6. The number of hydrogen-bond acceptors (Lipinski definition) is 10. The van der Waals surface area contributed by atoms with Crippen molar-refractivity contribution in [3.63, 3.8) is 0 Å². The number of aliphatic hydroxyl groups excluding tert-OH is 4. The molecule has 0 saturated carbocycles. The van der Waals surface area contributed by atoms with Crippen LogP contribution in [-0.4, -0.2) is 88.0 Å². The van der Waals surface area contributed by atoms with Crippen LogP contribution in [0.5, 0.6) is 0 Å². The Labute approximate surface area is 603 Å². The van der Waals surface area contributed by atoms with Gasteiger partial charge in [0.05, 0.1) is 46.6 Å². The third kappa shape index (κ3) is 24.0. The zero-order valence-corrected chi connectivity index (χ0v) is 62.1. The fourth-order valence-corrected chi connectivity index (χ4v) is 10.6. The molecular weight excluding hydrogens is 1350 g/mol. The van der Waals surface area contributed by atoms with Gasteiger partial charge in [-0.05, 0) is 173 Å². The van der Waals surface area contributed by atoms with E-state index in [-0.39, 0.29) is 52.5 Å². The van der Waals surface area contributed by atoms with Crippen LogP contribution < -0.4 is 11.4 Å². The molecule has 10 aromatic rings. The first-order valence-corrected chi connectivity index (χ1v) is 34.7. The van der Waals surface area contributed by atoms with Gasteiger partial charge in [0.2, 0.25) is 0 Å². The van der Waals surface area contributed by atoms with Crippen molar-refractivity contribution in [3.05, 3.63) is 260 Å². The average molecular weight is 1450 g/mol. The van der Waals surface area contributed by atoms with Crippen molar-refractivity contribution in [2.24, 2.45) is 5.92 Å². The number of halogens is 9. The van der Waals surface area contributed by atoms with Gasteiger partial charge in [-0.15, -0.1) is 0 Å². The molecule has 15 nitrogen and oxygen atoms in total. The number of imidazole rings is 2. The maximum atomic E-state index is 13.3. The zero-order valence-electron chi connectivity index (χ0n) is 62.1. The Morgan fingerprint density at radius 3 is 1.42 bits per heavy atom. The summed E-state index contributed by atoms with van der Waals surface area (Å²) < 4.78 is 121. The summed E-state index contributed by atoms with van der Waals surface area (Å²) in [5.74, 6) is -2.17. The fourth-order valence-electron chi connectivity index (χ4n) is 10.6. The van der Waals surface area contributed by atoms with Crippen LogP contribution in [-0.2, 0) is 19.0 Å². The summed E-state index contributed by atoms with van der Waals surface area (Å²) in [6.45, 7) is 34.4. The smallest absolute Gasteiger partial charge is 0.391 e. The van der Waals surface area contributed by atoms with E-state index in [1.165, 1.54) is 73.9 Å². The lowest BCUT2D eigenvalue weighted by Crippen LogP contribution is -2.35. The quantitative estimate of drug-likeness (QED) is 0.0601. The van der Waals surface area contributed by atoms with Gasteiger partial charge in [0.1, 0.15) is 23.9 Å². The lowest BCUT2D eigenvalue weighted by molar-refractivity contribution is -0.208. The SMILES string of the molecule is CC(C)c1cc(F)cc(C(O)C(F)(F)F)c1.CC(C)c1ccc(-n2cnn(C(C(C)C)C(C)O)c2=O)cc1.CC(C)c1ccc(C(F)(F)C(C)O)nc1.CC(C)c1ccc2ncn(Cc3ccccc3)c2c1.CC(C)c1ccnc(C(O)C(F)(F)F)c1.CCn1ccn(-c2ccc(C(C)C)cc2)c1=O. The number of pyridine rings is 2. The third-order valence-corrected chi connectivity index (χ3v) is 17.1. The Kier molecular flexibility index (Phi) is 31.4. The third-order valence-electron chi connectivity index (χ3n) is 17.1. The van der Waals surface area contributed by atoms with E-state index < -0.39 is 54.1 Å². The van der Waals surface area contributed by atoms with E-state index in [0.29, 0.717) is 35.9 Å². The molecule has 5 unspecified atom stereocenters. The summed E-state index contributed by atoms with van der Waals surface area (Å²) >= 11 is 0. The number of aliphatic hydroxyl groups is 4. The molecule has 0 fully saturated rings. The van der Waals surface area contributed by atoms with Crippen molar-refractivity contribution >= 4 is 11.0 Å². The highest BCUT2D eigenvalue weighted by atomic mass is 19.4. The van der Waals surface area contributed by atoms with E-state index in [0.717, 1.165) is 47.6 Å². The standard InChI is InChI=1S/C17H25N3O2.C17H18N2.C14H18N2O.C11H12F4O.C11H15F2NO.C10H12F3NO/c1-11(2)14-6-8-15(9-7-14)19-10-18-20(17(19)22)16(12(3)4)13(5)21;1-13(2)15-8-9-16-17(10-15)19(12-18-16)11-14-6-4-3-5-7-14;1-4-15-9-10-16(14(15)17)13-7-5-12(6-8-13)11(2)3;1-6(2)7-3-8(5-9(12)4-7)10(16)11(13,14)15;1-7(2)9-4-5-10(14-6-9)11(12,13)8(3)15;1-6(2)7-3-4-14-8(5-7)9(15)10(11,12)13/h6-13,16,21H,1-5H3;3-10,12-13H,11H2,1-2H3;5-11H,4H2,1-3H3;3-6,10,16H,1-2H3;4-8,15H,1-3H3;3-6,9,15H,1-2H3. The van der Waals surface area contributed by atoms with Crippen LogP contribution in [0.3, 0.4) is 0 Å². The van der Waals surface area contributed by atoms with Gasteiger partial charge in [0, 0.05) is 37.9 Å². The highest BCUT2D eigenvalue weighted by Crippen LogP contribution is 2.36. The average Bonchev–Trinajstić information content (AvgIpc) is 1.57. The minimum atomic E-state index is -4.78. The van der Waals surface area contributed by atoms with Gasteiger partial charge in [-0.3, -0.25) is 19.1 Å². The number of benzene rings is 5. The Hall–Kier alpha value is -8.97. The maximum absolute atomic E-state index is 13.3. The number of alkyl halides is 8. The molecule has 0 bridgehead atoms. The molecule has 0 aliphatic carbocycles. The van der Waals surface area contributed by atoms with E-state index in [2.05, 4.69) is 121 Å². The number of rotatable bonds is 18. The van der Waals surface area contributed by atoms with Crippen LogP contribution in [0.25, 0.3) is 22.4 Å². The minimum absolute atomic E-state index is 0.0183. The predicted octanol–water partition coefficient (Wildman–Crippen LogP) is 18.7. The molecule has 5 heterocycles. The first-order valence-electron chi connectivity index (χ1n) is 34.7. The van der Waals surface area contributed by atoms with Crippen LogP contribution in [0.15, 0.2) is 187 Å². The van der Waals surface area contributed by atoms with Crippen molar-refractivity contribution in [2.75, 3.05) is 0 Å². The second kappa shape index (κ2) is 38.2. The molecule has 0 amide bonds. The molecule has 24 heteroatoms. The monoisotopic (exact) mass is 1450 g/mol. The first-order chi connectivity index (χ1) is 48.6. The van der Waals surface area contributed by atoms with Gasteiger partial charge in [-0.1, -0.05) is 170 Å². The summed E-state index contributed by atoms with van der Waals surface area (Å²) in [5.41, 5.74) is 9.83. The summed E-state index contributed by atoms with van der Waals surface area (Å²) in [4.78, 5) is 36.2. The normalized spacial score (nSPS) is 13.3. The molecule has 0 aliphatic rings. The number of fused-ring (bicyclic) bond motifs is 1. The lowest BCUT2D eigenvalue weighted by atomic mass is 9.98. The van der Waals surface area contributed by atoms with Gasteiger partial charge >= 0.3 is 29.7 Å². The second-order valence-electron chi connectivity index (χ2n) is 27.7. The molecule has 104 heavy (non-hydrogen) atoms. The Balaban J connectivity index is 0.000000226. The summed E-state index contributed by atoms with van der Waals surface area (Å²) in [5, 5.41) is 41.0. The molecule has 0 spiro atoms. The molecule has 5 aromatic carbocycles. The lowest BCUT2D eigenvalue weighted by Gasteiger charge is -2.22. The van der Waals surface area contributed by atoms with E-state index in [1.807, 2.05) is 110 Å². The molecule has 564 valence electrons. The fraction of sp³-hybridized carbons (Fsp3) is 0.425. The Morgan fingerprint density at radius 2 is 0.962 bits per heavy atom. The van der Waals surface area contributed by atoms with E-state index >= 15 is 0 Å². The first kappa shape index (κ1) is 85.7. The van der Waals surface area contributed by atoms with Crippen molar-refractivity contribution in [1.82, 2.24) is 43.0 Å². The summed E-state index contributed by atoms with van der Waals surface area (Å²) in [7, 11) is 0. The largest absolute Gasteiger partial charge is 0.420 e. The van der Waals surface area contributed by atoms with Gasteiger partial charge in [-0.25, -0.2) is 28.2 Å². The van der Waals surface area contributed by atoms with Crippen LogP contribution in [0.2, 0.25) is 0 Å². The van der Waals surface area contributed by atoms with Crippen LogP contribution in [0, 0.1) is 11.7 Å². The molecule has 0 radical (unpaired) electrons. The van der Waals surface area contributed by atoms with E-state index in [4.69, 9.17) is 15.3 Å². The van der Waals surface area contributed by atoms with Crippen LogP contribution >= 0.6 is 0 Å². The second-order valence-corrected chi connectivity index (χ2v) is 27.7. The van der Waals surface area contributed by atoms with E-state index in [1.54, 1.807) is 42.0 Å². The van der Waals surface area contributed by atoms with Crippen molar-refractivity contribution in [2.45, 2.75) is 215 Å². The van der Waals surface area contributed by atoms with Crippen molar-refractivity contribution < 1.29 is 59.9 Å². The number of aromatic nitrogens is 9. The Morgan fingerprint density at radius 1 is 0.462 bits per heavy atom. The number of aryl methyl sites for hydroxylation is 1. The zero-order chi connectivity index (χ0) is 77.9. The molecule has 0 saturated heterocycles. The van der Waals surface area contributed by atoms with Gasteiger partial charge < -0.3 is 25.0 Å². The minimum Gasteiger partial charge on any atom is -0.391 e. The predicted molar refractivity (Wildman–Crippen MR) is 391 cm³/mol. The van der Waals surface area contributed by atoms with Gasteiger partial charge in [-0.2, -0.15) is 40.2 Å². The molecule has 0 aliphatic heterocycles. The molecular formula is C80H100F9N9O6. The maximum Gasteiger partial charge on any atom is 0.420 e. The highest BCUT2D eigenvalue weighted by molar-refractivity contribution is 5.76. The topological polar surface area (TPSA) is 191 Å². The van der Waals surface area contributed by atoms with Gasteiger partial charge in [0.25, 0.3) is 0 Å².